The van der Waals surface area contributed by atoms with E-state index in [0.717, 1.165) is 38.5 Å². The summed E-state index contributed by atoms with van der Waals surface area (Å²) >= 11 is 0. The van der Waals surface area contributed by atoms with Gasteiger partial charge in [0.2, 0.25) is 5.91 Å². The summed E-state index contributed by atoms with van der Waals surface area (Å²) in [6.45, 7) is 12.3. The van der Waals surface area contributed by atoms with Gasteiger partial charge in [-0.1, -0.05) is 43.7 Å². The lowest BCUT2D eigenvalue weighted by molar-refractivity contribution is -0.162. The summed E-state index contributed by atoms with van der Waals surface area (Å²) in [5.41, 5.74) is 0.448. The van der Waals surface area contributed by atoms with Crippen LogP contribution in [-0.4, -0.2) is 58.3 Å². The van der Waals surface area contributed by atoms with Crippen LogP contribution in [0.25, 0.3) is 0 Å². The van der Waals surface area contributed by atoms with Gasteiger partial charge in [0.25, 0.3) is 0 Å². The molecule has 0 aliphatic carbocycles. The lowest BCUT2D eigenvalue weighted by Crippen LogP contribution is -2.54. The molecular weight excluding hydrogens is 428 g/mol. The molecule has 1 heterocycles. The Hall–Kier alpha value is -1.92. The van der Waals surface area contributed by atoms with Gasteiger partial charge in [-0.25, -0.2) is 0 Å². The fourth-order valence-electron chi connectivity index (χ4n) is 5.57. The standard InChI is InChI=1S/C28H46N2O4/c1-7-12-24(21(2)29-22(3)32)20-28(19-23-13-9-8-10-14-23)16-15-25(30(28)17-11-18-31)26(33)34-27(4,5)6/h8-10,13-14,21,24-25,31H,7,11-12,15-20H2,1-6H3,(H,29,32)/t21?,24?,25-,28+/m1/s1. The number of esters is 1. The van der Waals surface area contributed by atoms with Crippen molar-refractivity contribution in [3.8, 4) is 0 Å². The lowest BCUT2D eigenvalue weighted by atomic mass is 9.76. The van der Waals surface area contributed by atoms with E-state index in [1.54, 1.807) is 6.92 Å². The molecular formula is C28H46N2O4. The number of ether oxygens (including phenoxy) is 1. The van der Waals surface area contributed by atoms with Gasteiger partial charge in [0.1, 0.15) is 11.6 Å². The Bertz CT molecular complexity index is 776. The van der Waals surface area contributed by atoms with Crippen LogP contribution in [0, 0.1) is 5.92 Å². The Morgan fingerprint density at radius 2 is 1.94 bits per heavy atom. The summed E-state index contributed by atoms with van der Waals surface area (Å²) in [6.07, 6.45) is 5.96. The van der Waals surface area contributed by atoms with Crippen LogP contribution in [0.4, 0.5) is 0 Å². The number of nitrogens with one attached hydrogen (secondary N) is 1. The van der Waals surface area contributed by atoms with Crippen LogP contribution in [-0.2, 0) is 20.7 Å². The van der Waals surface area contributed by atoms with E-state index in [0.29, 0.717) is 13.0 Å². The number of likely N-dealkylation sites (tertiary alicyclic amines) is 1. The Kier molecular flexibility index (Phi) is 10.6. The number of nitrogens with zero attached hydrogens (tertiary/aromatic N) is 1. The van der Waals surface area contributed by atoms with E-state index in [1.807, 2.05) is 26.8 Å². The highest BCUT2D eigenvalue weighted by Crippen LogP contribution is 2.43. The summed E-state index contributed by atoms with van der Waals surface area (Å²) in [7, 11) is 0. The number of aliphatic hydroxyl groups is 1. The van der Waals surface area contributed by atoms with Gasteiger partial charge in [0.05, 0.1) is 0 Å². The number of aliphatic hydroxyl groups excluding tert-OH is 1. The second-order valence-electron chi connectivity index (χ2n) is 11.0. The van der Waals surface area contributed by atoms with Crippen LogP contribution in [0.2, 0.25) is 0 Å². The minimum absolute atomic E-state index is 0.0131. The highest BCUT2D eigenvalue weighted by Gasteiger charge is 2.50. The van der Waals surface area contributed by atoms with E-state index >= 15 is 0 Å². The van der Waals surface area contributed by atoms with Crippen molar-refractivity contribution in [1.29, 1.82) is 0 Å². The van der Waals surface area contributed by atoms with E-state index in [4.69, 9.17) is 4.74 Å². The lowest BCUT2D eigenvalue weighted by Gasteiger charge is -2.44. The van der Waals surface area contributed by atoms with Crippen LogP contribution in [0.3, 0.4) is 0 Å². The molecule has 2 unspecified atom stereocenters. The number of benzene rings is 1. The van der Waals surface area contributed by atoms with Crippen molar-refractivity contribution in [2.24, 2.45) is 5.92 Å². The molecule has 0 bridgehead atoms. The van der Waals surface area contributed by atoms with Gasteiger partial charge in [0.15, 0.2) is 0 Å². The number of hydrogen-bond acceptors (Lipinski definition) is 5. The molecule has 4 atom stereocenters. The largest absolute Gasteiger partial charge is 0.459 e. The first-order chi connectivity index (χ1) is 16.0. The van der Waals surface area contributed by atoms with Crippen molar-refractivity contribution in [3.63, 3.8) is 0 Å². The maximum absolute atomic E-state index is 13.3. The van der Waals surface area contributed by atoms with Gasteiger partial charge >= 0.3 is 5.97 Å². The van der Waals surface area contributed by atoms with Crippen molar-refractivity contribution < 1.29 is 19.4 Å². The zero-order valence-electron chi connectivity index (χ0n) is 22.1. The molecule has 34 heavy (non-hydrogen) atoms. The molecule has 6 nitrogen and oxygen atoms in total. The molecule has 0 saturated carbocycles. The zero-order valence-corrected chi connectivity index (χ0v) is 22.1. The average molecular weight is 475 g/mol. The summed E-state index contributed by atoms with van der Waals surface area (Å²) in [5.74, 6) is 0.0925. The summed E-state index contributed by atoms with van der Waals surface area (Å²) in [5, 5.41) is 12.8. The first-order valence-electron chi connectivity index (χ1n) is 12.9. The maximum Gasteiger partial charge on any atom is 0.323 e. The topological polar surface area (TPSA) is 78.9 Å². The minimum atomic E-state index is -0.547. The molecule has 192 valence electrons. The normalized spacial score (nSPS) is 22.9. The van der Waals surface area contributed by atoms with Gasteiger partial charge in [-0.15, -0.1) is 0 Å². The molecule has 1 aromatic carbocycles. The van der Waals surface area contributed by atoms with E-state index < -0.39 is 5.60 Å². The second-order valence-corrected chi connectivity index (χ2v) is 11.0. The minimum Gasteiger partial charge on any atom is -0.459 e. The number of carbonyl (C=O) groups is 2. The Labute approximate surface area is 206 Å². The number of carbonyl (C=O) groups excluding carboxylic acids is 2. The third-order valence-electron chi connectivity index (χ3n) is 6.92. The van der Waals surface area contributed by atoms with Crippen LogP contribution in [0.1, 0.15) is 85.6 Å². The quantitative estimate of drug-likeness (QED) is 0.437. The summed E-state index contributed by atoms with van der Waals surface area (Å²) < 4.78 is 5.83. The highest BCUT2D eigenvalue weighted by atomic mass is 16.6. The van der Waals surface area contributed by atoms with Crippen molar-refractivity contribution in [2.45, 2.75) is 110 Å². The first-order valence-corrected chi connectivity index (χ1v) is 12.9. The molecule has 2 N–H and O–H groups in total. The molecule has 1 aromatic rings. The zero-order chi connectivity index (χ0) is 25.4. The Morgan fingerprint density at radius 1 is 1.26 bits per heavy atom. The fourth-order valence-corrected chi connectivity index (χ4v) is 5.57. The molecule has 2 rings (SSSR count). The van der Waals surface area contributed by atoms with E-state index in [2.05, 4.69) is 48.3 Å². The molecule has 1 aliphatic heterocycles. The van der Waals surface area contributed by atoms with E-state index in [1.165, 1.54) is 5.56 Å². The monoisotopic (exact) mass is 474 g/mol. The van der Waals surface area contributed by atoms with Gasteiger partial charge in [-0.2, -0.15) is 0 Å². The van der Waals surface area contributed by atoms with E-state index in [9.17, 15) is 14.7 Å². The second kappa shape index (κ2) is 12.7. The number of hydrogen-bond donors (Lipinski definition) is 2. The molecule has 1 fully saturated rings. The molecule has 1 amide bonds. The van der Waals surface area contributed by atoms with Crippen molar-refractivity contribution in [3.05, 3.63) is 35.9 Å². The molecule has 0 spiro atoms. The summed E-state index contributed by atoms with van der Waals surface area (Å²) in [6, 6.07) is 10.2. The molecule has 6 heteroatoms. The van der Waals surface area contributed by atoms with Crippen LogP contribution < -0.4 is 5.32 Å². The van der Waals surface area contributed by atoms with Crippen molar-refractivity contribution in [2.75, 3.05) is 13.2 Å². The SMILES string of the molecule is CCCC(C[C@@]1(Cc2ccccc2)CC[C@H](C(=O)OC(C)(C)C)N1CCCO)C(C)NC(C)=O. The highest BCUT2D eigenvalue weighted by molar-refractivity contribution is 5.77. The van der Waals surface area contributed by atoms with Crippen LogP contribution in [0.15, 0.2) is 30.3 Å². The van der Waals surface area contributed by atoms with Crippen molar-refractivity contribution in [1.82, 2.24) is 10.2 Å². The van der Waals surface area contributed by atoms with Gasteiger partial charge < -0.3 is 15.2 Å². The van der Waals surface area contributed by atoms with Gasteiger partial charge in [-0.05, 0) is 77.7 Å². The fraction of sp³-hybridized carbons (Fsp3) is 0.714. The third-order valence-corrected chi connectivity index (χ3v) is 6.92. The molecule has 1 aliphatic rings. The smallest absolute Gasteiger partial charge is 0.323 e. The Balaban J connectivity index is 2.46. The molecule has 0 radical (unpaired) electrons. The Morgan fingerprint density at radius 3 is 2.50 bits per heavy atom. The molecule has 1 saturated heterocycles. The molecule has 0 aromatic heterocycles. The summed E-state index contributed by atoms with van der Waals surface area (Å²) in [4.78, 5) is 27.4. The van der Waals surface area contributed by atoms with Gasteiger partial charge in [-0.3, -0.25) is 14.5 Å². The number of rotatable bonds is 12. The maximum atomic E-state index is 13.3. The predicted octanol–water partition coefficient (Wildman–Crippen LogP) is 4.49. The van der Waals surface area contributed by atoms with Crippen molar-refractivity contribution >= 4 is 11.9 Å². The third kappa shape index (κ3) is 8.09. The van der Waals surface area contributed by atoms with Gasteiger partial charge in [0, 0.05) is 31.7 Å². The number of amides is 1. The van der Waals surface area contributed by atoms with Crippen LogP contribution in [0.5, 0.6) is 0 Å². The average Bonchev–Trinajstić information content (AvgIpc) is 3.08. The van der Waals surface area contributed by atoms with E-state index in [-0.39, 0.29) is 42.0 Å². The first kappa shape index (κ1) is 28.3. The predicted molar refractivity (Wildman–Crippen MR) is 136 cm³/mol. The van der Waals surface area contributed by atoms with Crippen LogP contribution >= 0.6 is 0 Å².